The lowest BCUT2D eigenvalue weighted by Gasteiger charge is -2.13. The van der Waals surface area contributed by atoms with Crippen LogP contribution in [0, 0.1) is 0 Å². The Labute approximate surface area is 97.4 Å². The lowest BCUT2D eigenvalue weighted by atomic mass is 10.4. The number of hydrazine groups is 1. The zero-order valence-electron chi connectivity index (χ0n) is 9.25. The topological polar surface area (TPSA) is 104 Å². The molecule has 0 bridgehead atoms. The van der Waals surface area contributed by atoms with Gasteiger partial charge in [-0.1, -0.05) is 0 Å². The standard InChI is InChI=1S/C9H12N6O2/c1-14-5-8(16)15(9(14)17)4-6-2-12-7(13-10)3-11-6/h2-3H,4-5,10H2,1H3,(H,12,13). The van der Waals surface area contributed by atoms with Crippen molar-refractivity contribution in [1.29, 1.82) is 0 Å². The van der Waals surface area contributed by atoms with E-state index in [4.69, 9.17) is 5.84 Å². The third-order valence-electron chi connectivity index (χ3n) is 2.40. The number of carbonyl (C=O) groups excluding carboxylic acids is 2. The number of nitrogens with zero attached hydrogens (tertiary/aromatic N) is 4. The molecule has 1 fully saturated rings. The molecule has 17 heavy (non-hydrogen) atoms. The molecule has 1 aliphatic heterocycles. The minimum atomic E-state index is -0.321. The van der Waals surface area contributed by atoms with E-state index in [0.29, 0.717) is 11.5 Å². The summed E-state index contributed by atoms with van der Waals surface area (Å²) in [4.78, 5) is 33.6. The van der Waals surface area contributed by atoms with Gasteiger partial charge in [0.15, 0.2) is 5.82 Å². The van der Waals surface area contributed by atoms with Crippen LogP contribution in [0.2, 0.25) is 0 Å². The minimum absolute atomic E-state index is 0.106. The van der Waals surface area contributed by atoms with Crippen LogP contribution in [0.5, 0.6) is 0 Å². The molecule has 1 aromatic heterocycles. The Hall–Kier alpha value is -2.22. The van der Waals surface area contributed by atoms with Gasteiger partial charge in [-0.2, -0.15) is 0 Å². The Kier molecular flexibility index (Phi) is 2.88. The largest absolute Gasteiger partial charge is 0.327 e. The molecule has 0 radical (unpaired) electrons. The maximum absolute atomic E-state index is 11.6. The summed E-state index contributed by atoms with van der Waals surface area (Å²) in [7, 11) is 1.58. The molecule has 0 saturated carbocycles. The van der Waals surface area contributed by atoms with Crippen LogP contribution in [0.15, 0.2) is 12.4 Å². The number of aromatic nitrogens is 2. The third kappa shape index (κ3) is 2.16. The normalized spacial score (nSPS) is 15.6. The van der Waals surface area contributed by atoms with Gasteiger partial charge < -0.3 is 10.3 Å². The lowest BCUT2D eigenvalue weighted by Crippen LogP contribution is -2.31. The summed E-state index contributed by atoms with van der Waals surface area (Å²) in [6, 6.07) is -0.321. The summed E-state index contributed by atoms with van der Waals surface area (Å²) in [6.07, 6.45) is 2.90. The van der Waals surface area contributed by atoms with Crippen LogP contribution in [0.3, 0.4) is 0 Å². The highest BCUT2D eigenvalue weighted by Gasteiger charge is 2.33. The molecule has 3 amide bonds. The summed E-state index contributed by atoms with van der Waals surface area (Å²) >= 11 is 0. The average Bonchev–Trinajstić information content (AvgIpc) is 2.57. The maximum Gasteiger partial charge on any atom is 0.327 e. The van der Waals surface area contributed by atoms with Gasteiger partial charge in [-0.25, -0.2) is 15.6 Å². The molecule has 0 spiro atoms. The van der Waals surface area contributed by atoms with E-state index in [2.05, 4.69) is 15.4 Å². The van der Waals surface area contributed by atoms with Gasteiger partial charge in [0.05, 0.1) is 24.6 Å². The van der Waals surface area contributed by atoms with E-state index in [-0.39, 0.29) is 25.0 Å². The number of carbonyl (C=O) groups is 2. The number of rotatable bonds is 3. The van der Waals surface area contributed by atoms with E-state index in [1.165, 1.54) is 17.3 Å². The van der Waals surface area contributed by atoms with E-state index >= 15 is 0 Å². The predicted molar refractivity (Wildman–Crippen MR) is 58.4 cm³/mol. The second kappa shape index (κ2) is 4.34. The zero-order chi connectivity index (χ0) is 12.4. The first-order chi connectivity index (χ1) is 8.11. The first-order valence-corrected chi connectivity index (χ1v) is 4.95. The smallest absolute Gasteiger partial charge is 0.318 e. The molecule has 0 atom stereocenters. The number of nitrogen functional groups attached to an aromatic ring is 1. The number of likely N-dealkylation sites (N-methyl/N-ethyl adjacent to an activating group) is 1. The first kappa shape index (κ1) is 11.3. The Balaban J connectivity index is 2.10. The fourth-order valence-electron chi connectivity index (χ4n) is 1.50. The molecule has 1 saturated heterocycles. The Bertz CT molecular complexity index is 445. The molecule has 8 nitrogen and oxygen atoms in total. The molecular weight excluding hydrogens is 224 g/mol. The van der Waals surface area contributed by atoms with Crippen molar-refractivity contribution in [2.24, 2.45) is 5.84 Å². The number of hydrogen-bond acceptors (Lipinski definition) is 6. The van der Waals surface area contributed by atoms with Crippen molar-refractivity contribution in [1.82, 2.24) is 19.8 Å². The van der Waals surface area contributed by atoms with Crippen LogP contribution < -0.4 is 11.3 Å². The lowest BCUT2D eigenvalue weighted by molar-refractivity contribution is -0.125. The van der Waals surface area contributed by atoms with E-state index in [9.17, 15) is 9.59 Å². The molecule has 8 heteroatoms. The van der Waals surface area contributed by atoms with E-state index in [0.717, 1.165) is 4.90 Å². The van der Waals surface area contributed by atoms with Gasteiger partial charge in [0.1, 0.15) is 6.54 Å². The van der Waals surface area contributed by atoms with Crippen LogP contribution in [-0.2, 0) is 11.3 Å². The molecular formula is C9H12N6O2. The molecule has 0 unspecified atom stereocenters. The summed E-state index contributed by atoms with van der Waals surface area (Å²) in [5.41, 5.74) is 2.87. The van der Waals surface area contributed by atoms with Crippen LogP contribution in [0.25, 0.3) is 0 Å². The third-order valence-corrected chi connectivity index (χ3v) is 2.40. The molecule has 0 aromatic carbocycles. The van der Waals surface area contributed by atoms with Crippen molar-refractivity contribution < 1.29 is 9.59 Å². The number of nitrogens with one attached hydrogen (secondary N) is 1. The molecule has 90 valence electrons. The number of amides is 3. The number of nitrogens with two attached hydrogens (primary N) is 1. The van der Waals surface area contributed by atoms with Gasteiger partial charge in [-0.05, 0) is 0 Å². The maximum atomic E-state index is 11.6. The van der Waals surface area contributed by atoms with Crippen LogP contribution >= 0.6 is 0 Å². The van der Waals surface area contributed by atoms with Crippen LogP contribution in [0.1, 0.15) is 5.69 Å². The fraction of sp³-hybridized carbons (Fsp3) is 0.333. The summed E-state index contributed by atoms with van der Waals surface area (Å²) in [5.74, 6) is 5.33. The molecule has 1 aromatic rings. The van der Waals surface area contributed by atoms with Crippen LogP contribution in [-0.4, -0.2) is 45.3 Å². The highest BCUT2D eigenvalue weighted by molar-refractivity contribution is 6.01. The zero-order valence-corrected chi connectivity index (χ0v) is 9.25. The Morgan fingerprint density at radius 3 is 2.65 bits per heavy atom. The quantitative estimate of drug-likeness (QED) is 0.402. The number of anilines is 1. The van der Waals surface area contributed by atoms with E-state index < -0.39 is 0 Å². The van der Waals surface area contributed by atoms with E-state index in [1.807, 2.05) is 0 Å². The van der Waals surface area contributed by atoms with Gasteiger partial charge in [-0.15, -0.1) is 0 Å². The summed E-state index contributed by atoms with van der Waals surface area (Å²) < 4.78 is 0. The predicted octanol–water partition coefficient (Wildman–Crippen LogP) is -0.844. The monoisotopic (exact) mass is 236 g/mol. The van der Waals surface area contributed by atoms with Crippen molar-refractivity contribution in [3.63, 3.8) is 0 Å². The molecule has 3 N–H and O–H groups in total. The molecule has 2 rings (SSSR count). The van der Waals surface area contributed by atoms with Gasteiger partial charge >= 0.3 is 6.03 Å². The van der Waals surface area contributed by atoms with Crippen LogP contribution in [0.4, 0.5) is 10.6 Å². The number of imide groups is 1. The Morgan fingerprint density at radius 1 is 1.41 bits per heavy atom. The minimum Gasteiger partial charge on any atom is -0.318 e. The second-order valence-corrected chi connectivity index (χ2v) is 3.66. The molecule has 2 heterocycles. The highest BCUT2D eigenvalue weighted by atomic mass is 16.2. The average molecular weight is 236 g/mol. The fourth-order valence-corrected chi connectivity index (χ4v) is 1.50. The van der Waals surface area contributed by atoms with Crippen molar-refractivity contribution in [2.75, 3.05) is 19.0 Å². The molecule has 0 aliphatic carbocycles. The Morgan fingerprint density at radius 2 is 2.18 bits per heavy atom. The van der Waals surface area contributed by atoms with Gasteiger partial charge in [-0.3, -0.25) is 14.7 Å². The van der Waals surface area contributed by atoms with E-state index in [1.54, 1.807) is 7.05 Å². The summed E-state index contributed by atoms with van der Waals surface area (Å²) in [6.45, 7) is 0.231. The van der Waals surface area contributed by atoms with Crippen molar-refractivity contribution in [3.8, 4) is 0 Å². The SMILES string of the molecule is CN1CC(=O)N(Cc2cnc(NN)cn2)C1=O. The summed E-state index contributed by atoms with van der Waals surface area (Å²) in [5, 5.41) is 0. The van der Waals surface area contributed by atoms with Gasteiger partial charge in [0, 0.05) is 7.05 Å². The van der Waals surface area contributed by atoms with Crippen molar-refractivity contribution in [2.45, 2.75) is 6.54 Å². The first-order valence-electron chi connectivity index (χ1n) is 4.95. The van der Waals surface area contributed by atoms with Gasteiger partial charge in [0.2, 0.25) is 0 Å². The molecule has 1 aliphatic rings. The van der Waals surface area contributed by atoms with Gasteiger partial charge in [0.25, 0.3) is 5.91 Å². The highest BCUT2D eigenvalue weighted by Crippen LogP contribution is 2.11. The van der Waals surface area contributed by atoms with Crippen molar-refractivity contribution in [3.05, 3.63) is 18.1 Å². The second-order valence-electron chi connectivity index (χ2n) is 3.66. The number of urea groups is 1. The number of hydrogen-bond donors (Lipinski definition) is 2. The van der Waals surface area contributed by atoms with Crippen molar-refractivity contribution >= 4 is 17.8 Å².